The van der Waals surface area contributed by atoms with Gasteiger partial charge in [0, 0.05) is 18.5 Å². The van der Waals surface area contributed by atoms with Gasteiger partial charge in [-0.15, -0.1) is 0 Å². The molecule has 19 heavy (non-hydrogen) atoms. The van der Waals surface area contributed by atoms with E-state index in [9.17, 15) is 4.79 Å². The summed E-state index contributed by atoms with van der Waals surface area (Å²) >= 11 is 6.04. The predicted molar refractivity (Wildman–Crippen MR) is 79.9 cm³/mol. The summed E-state index contributed by atoms with van der Waals surface area (Å²) in [6.45, 7) is 5.39. The van der Waals surface area contributed by atoms with Gasteiger partial charge in [-0.1, -0.05) is 37.1 Å². The van der Waals surface area contributed by atoms with E-state index in [0.717, 1.165) is 25.6 Å². The maximum absolute atomic E-state index is 12.1. The lowest BCUT2D eigenvalue weighted by Crippen LogP contribution is -2.35. The Kier molecular flexibility index (Phi) is 5.41. The van der Waals surface area contributed by atoms with E-state index in [2.05, 4.69) is 11.8 Å². The molecule has 0 radical (unpaired) electrons. The first-order chi connectivity index (χ1) is 9.20. The number of hydrogen-bond acceptors (Lipinski definition) is 2. The van der Waals surface area contributed by atoms with Crippen molar-refractivity contribution in [2.75, 3.05) is 19.6 Å². The molecule has 1 fully saturated rings. The zero-order chi connectivity index (χ0) is 13.7. The minimum Gasteiger partial charge on any atom is -0.303 e. The lowest BCUT2D eigenvalue weighted by atomic mass is 9.94. The second-order valence-corrected chi connectivity index (χ2v) is 5.75. The second kappa shape index (κ2) is 7.06. The summed E-state index contributed by atoms with van der Waals surface area (Å²) in [7, 11) is 0. The molecule has 1 heterocycles. The van der Waals surface area contributed by atoms with Crippen molar-refractivity contribution < 1.29 is 4.79 Å². The molecule has 0 amide bonds. The molecule has 2 rings (SSSR count). The van der Waals surface area contributed by atoms with Gasteiger partial charge >= 0.3 is 0 Å². The van der Waals surface area contributed by atoms with Crippen molar-refractivity contribution in [1.82, 2.24) is 4.90 Å². The summed E-state index contributed by atoms with van der Waals surface area (Å²) in [5.41, 5.74) is 0.660. The van der Waals surface area contributed by atoms with Gasteiger partial charge < -0.3 is 4.90 Å². The van der Waals surface area contributed by atoms with Gasteiger partial charge in [-0.2, -0.15) is 0 Å². The molecule has 1 aliphatic rings. The Morgan fingerprint density at radius 2 is 2.00 bits per heavy atom. The summed E-state index contributed by atoms with van der Waals surface area (Å²) in [6.07, 6.45) is 4.40. The molecule has 1 aromatic rings. The topological polar surface area (TPSA) is 20.3 Å². The van der Waals surface area contributed by atoms with E-state index in [1.165, 1.54) is 19.3 Å². The van der Waals surface area contributed by atoms with Crippen LogP contribution in [0.1, 0.15) is 43.0 Å². The number of piperidine rings is 1. The highest BCUT2D eigenvalue weighted by Crippen LogP contribution is 2.21. The molecular weight excluding hydrogens is 258 g/mol. The van der Waals surface area contributed by atoms with Crippen LogP contribution in [0.4, 0.5) is 0 Å². The first kappa shape index (κ1) is 14.5. The predicted octanol–water partition coefficient (Wildman–Crippen LogP) is 4.03. The van der Waals surface area contributed by atoms with Crippen LogP contribution in [0.3, 0.4) is 0 Å². The van der Waals surface area contributed by atoms with Crippen molar-refractivity contribution in [3.63, 3.8) is 0 Å². The Balaban J connectivity index is 1.80. The normalized spacial score (nSPS) is 17.6. The second-order valence-electron chi connectivity index (χ2n) is 5.35. The number of Topliss-reactive ketones (excluding diaryl/α,β-unsaturated/α-hetero) is 1. The fourth-order valence-corrected chi connectivity index (χ4v) is 2.94. The lowest BCUT2D eigenvalue weighted by Gasteiger charge is -2.31. The molecule has 104 valence electrons. The molecule has 0 aromatic heterocycles. The van der Waals surface area contributed by atoms with E-state index in [1.54, 1.807) is 6.07 Å². The first-order valence-electron chi connectivity index (χ1n) is 7.20. The molecular formula is C16H22ClNO. The standard InChI is InChI=1S/C16H22ClNO/c1-2-13-7-10-18(11-8-13)12-9-16(19)14-5-3-4-6-15(14)17/h3-6,13H,2,7-12H2,1H3. The molecule has 0 unspecified atom stereocenters. The number of carbonyl (C=O) groups is 1. The highest BCUT2D eigenvalue weighted by molar-refractivity contribution is 6.33. The van der Waals surface area contributed by atoms with Crippen LogP contribution in [-0.2, 0) is 0 Å². The maximum atomic E-state index is 12.1. The van der Waals surface area contributed by atoms with Crippen LogP contribution in [0.25, 0.3) is 0 Å². The molecule has 0 saturated carbocycles. The van der Waals surface area contributed by atoms with Crippen molar-refractivity contribution in [2.45, 2.75) is 32.6 Å². The molecule has 1 aliphatic heterocycles. The van der Waals surface area contributed by atoms with E-state index in [4.69, 9.17) is 11.6 Å². The number of likely N-dealkylation sites (tertiary alicyclic amines) is 1. The van der Waals surface area contributed by atoms with Gasteiger partial charge in [0.25, 0.3) is 0 Å². The summed E-state index contributed by atoms with van der Waals surface area (Å²) in [6, 6.07) is 7.32. The van der Waals surface area contributed by atoms with Gasteiger partial charge in [-0.25, -0.2) is 0 Å². The average Bonchev–Trinajstić information content (AvgIpc) is 2.46. The summed E-state index contributed by atoms with van der Waals surface area (Å²) < 4.78 is 0. The summed E-state index contributed by atoms with van der Waals surface area (Å²) in [4.78, 5) is 14.5. The highest BCUT2D eigenvalue weighted by Gasteiger charge is 2.18. The molecule has 0 bridgehead atoms. The SMILES string of the molecule is CCC1CCN(CCC(=O)c2ccccc2Cl)CC1. The molecule has 1 saturated heterocycles. The third-order valence-electron chi connectivity index (χ3n) is 4.11. The maximum Gasteiger partial charge on any atom is 0.165 e. The van der Waals surface area contributed by atoms with Crippen LogP contribution >= 0.6 is 11.6 Å². The zero-order valence-corrected chi connectivity index (χ0v) is 12.3. The van der Waals surface area contributed by atoms with Crippen molar-refractivity contribution in [3.05, 3.63) is 34.9 Å². The molecule has 0 aliphatic carbocycles. The minimum absolute atomic E-state index is 0.156. The van der Waals surface area contributed by atoms with Crippen molar-refractivity contribution in [1.29, 1.82) is 0 Å². The molecule has 1 aromatic carbocycles. The molecule has 0 atom stereocenters. The van der Waals surface area contributed by atoms with Gasteiger partial charge in [0.1, 0.15) is 0 Å². The zero-order valence-electron chi connectivity index (χ0n) is 11.6. The van der Waals surface area contributed by atoms with Gasteiger partial charge in [0.2, 0.25) is 0 Å². The number of nitrogens with zero attached hydrogens (tertiary/aromatic N) is 1. The fraction of sp³-hybridized carbons (Fsp3) is 0.562. The van der Waals surface area contributed by atoms with Crippen LogP contribution in [0, 0.1) is 5.92 Å². The number of hydrogen-bond donors (Lipinski definition) is 0. The van der Waals surface area contributed by atoms with Crippen LogP contribution in [0.5, 0.6) is 0 Å². The Morgan fingerprint density at radius 3 is 2.63 bits per heavy atom. The van der Waals surface area contributed by atoms with Gasteiger partial charge in [0.05, 0.1) is 5.02 Å². The number of carbonyl (C=O) groups excluding carboxylic acids is 1. The average molecular weight is 280 g/mol. The van der Waals surface area contributed by atoms with Crippen LogP contribution in [-0.4, -0.2) is 30.3 Å². The first-order valence-corrected chi connectivity index (χ1v) is 7.58. The van der Waals surface area contributed by atoms with E-state index < -0.39 is 0 Å². The minimum atomic E-state index is 0.156. The van der Waals surface area contributed by atoms with Gasteiger partial charge in [-0.3, -0.25) is 4.79 Å². The largest absolute Gasteiger partial charge is 0.303 e. The fourth-order valence-electron chi connectivity index (χ4n) is 2.70. The van der Waals surface area contributed by atoms with Crippen molar-refractivity contribution in [3.8, 4) is 0 Å². The van der Waals surface area contributed by atoms with Gasteiger partial charge in [0.15, 0.2) is 5.78 Å². The van der Waals surface area contributed by atoms with Gasteiger partial charge in [-0.05, 0) is 44.0 Å². The lowest BCUT2D eigenvalue weighted by molar-refractivity contribution is 0.0950. The van der Waals surface area contributed by atoms with Crippen molar-refractivity contribution >= 4 is 17.4 Å². The molecule has 3 heteroatoms. The van der Waals surface area contributed by atoms with Crippen LogP contribution in [0.2, 0.25) is 5.02 Å². The quantitative estimate of drug-likeness (QED) is 0.759. The van der Waals surface area contributed by atoms with E-state index >= 15 is 0 Å². The number of benzene rings is 1. The number of ketones is 1. The Morgan fingerprint density at radius 1 is 1.32 bits per heavy atom. The number of halogens is 1. The smallest absolute Gasteiger partial charge is 0.165 e. The molecule has 2 nitrogen and oxygen atoms in total. The third kappa shape index (κ3) is 4.05. The summed E-state index contributed by atoms with van der Waals surface area (Å²) in [5.74, 6) is 1.04. The molecule has 0 spiro atoms. The van der Waals surface area contributed by atoms with Crippen LogP contribution in [0.15, 0.2) is 24.3 Å². The Hall–Kier alpha value is -0.860. The van der Waals surface area contributed by atoms with E-state index in [1.807, 2.05) is 18.2 Å². The van der Waals surface area contributed by atoms with E-state index in [0.29, 0.717) is 17.0 Å². The monoisotopic (exact) mass is 279 g/mol. The third-order valence-corrected chi connectivity index (χ3v) is 4.44. The van der Waals surface area contributed by atoms with Crippen LogP contribution < -0.4 is 0 Å². The van der Waals surface area contributed by atoms with E-state index in [-0.39, 0.29) is 5.78 Å². The Bertz CT molecular complexity index is 425. The van der Waals surface area contributed by atoms with Crippen molar-refractivity contribution in [2.24, 2.45) is 5.92 Å². The number of rotatable bonds is 5. The Labute approximate surface area is 120 Å². The highest BCUT2D eigenvalue weighted by atomic mass is 35.5. The summed E-state index contributed by atoms with van der Waals surface area (Å²) in [5, 5.41) is 0.567. The molecule has 0 N–H and O–H groups in total.